The Hall–Kier alpha value is -3.57. The van der Waals surface area contributed by atoms with E-state index < -0.39 is 35.2 Å². The van der Waals surface area contributed by atoms with Crippen LogP contribution in [0.25, 0.3) is 10.9 Å². The number of benzene rings is 3. The molecular weight excluding hydrogens is 583 g/mol. The fraction of sp³-hybridized carbons (Fsp3) is 0.222. The number of carbonyl (C=O) groups is 1. The highest BCUT2D eigenvalue weighted by Crippen LogP contribution is 2.37. The quantitative estimate of drug-likeness (QED) is 0.207. The lowest BCUT2D eigenvalue weighted by Gasteiger charge is -2.24. The Labute approximate surface area is 234 Å². The zero-order valence-corrected chi connectivity index (χ0v) is 22.2. The van der Waals surface area contributed by atoms with E-state index in [0.29, 0.717) is 29.9 Å². The van der Waals surface area contributed by atoms with Gasteiger partial charge in [0.2, 0.25) is 0 Å². The fourth-order valence-corrected chi connectivity index (χ4v) is 4.41. The maximum atomic E-state index is 13.3. The van der Waals surface area contributed by atoms with Gasteiger partial charge in [-0.3, -0.25) is 0 Å². The van der Waals surface area contributed by atoms with Crippen molar-refractivity contribution in [1.82, 2.24) is 9.88 Å². The van der Waals surface area contributed by atoms with Gasteiger partial charge in [-0.05, 0) is 66.1 Å². The van der Waals surface area contributed by atoms with Crippen molar-refractivity contribution < 1.29 is 35.9 Å². The second kappa shape index (κ2) is 11.5. The van der Waals surface area contributed by atoms with Crippen LogP contribution in [0.4, 0.5) is 36.8 Å². The zero-order valence-electron chi connectivity index (χ0n) is 20.7. The van der Waals surface area contributed by atoms with Crippen LogP contribution in [0.2, 0.25) is 10.0 Å². The molecule has 1 heterocycles. The lowest BCUT2D eigenvalue weighted by atomic mass is 10.1. The lowest BCUT2D eigenvalue weighted by Crippen LogP contribution is -2.36. The molecule has 0 bridgehead atoms. The van der Waals surface area contributed by atoms with Crippen molar-refractivity contribution in [2.24, 2.45) is 0 Å². The smallest absolute Gasteiger partial charge is 0.416 e. The largest absolute Gasteiger partial charge is 0.497 e. The van der Waals surface area contributed by atoms with E-state index in [4.69, 9.17) is 27.9 Å². The molecule has 0 aliphatic heterocycles. The summed E-state index contributed by atoms with van der Waals surface area (Å²) in [7, 11) is 1.52. The van der Waals surface area contributed by atoms with E-state index in [9.17, 15) is 31.1 Å². The van der Waals surface area contributed by atoms with Crippen molar-refractivity contribution in [2.75, 3.05) is 19.0 Å². The summed E-state index contributed by atoms with van der Waals surface area (Å²) in [6.07, 6.45) is -8.06. The third-order valence-corrected chi connectivity index (χ3v) is 6.85. The van der Waals surface area contributed by atoms with E-state index in [1.165, 1.54) is 24.1 Å². The average molecular weight is 604 g/mol. The van der Waals surface area contributed by atoms with Crippen LogP contribution in [-0.2, 0) is 25.3 Å². The topological polar surface area (TPSA) is 57.4 Å². The number of ether oxygens (including phenoxy) is 1. The molecule has 0 aliphatic rings. The Bertz CT molecular complexity index is 1500. The minimum absolute atomic E-state index is 0.00553. The Balaban J connectivity index is 1.64. The van der Waals surface area contributed by atoms with E-state index in [1.54, 1.807) is 18.3 Å². The summed E-state index contributed by atoms with van der Waals surface area (Å²) in [5.41, 5.74) is -1.55. The van der Waals surface area contributed by atoms with E-state index >= 15 is 0 Å². The Morgan fingerprint density at radius 1 is 0.925 bits per heavy atom. The van der Waals surface area contributed by atoms with Crippen LogP contribution in [0.1, 0.15) is 22.3 Å². The molecule has 0 fully saturated rings. The summed E-state index contributed by atoms with van der Waals surface area (Å²) in [6, 6.07) is 10.1. The second-order valence-corrected chi connectivity index (χ2v) is 9.68. The molecule has 0 aliphatic carbocycles. The minimum atomic E-state index is -5.06. The normalized spacial score (nSPS) is 12.0. The molecule has 212 valence electrons. The number of fused-ring (bicyclic) bond motifs is 1. The van der Waals surface area contributed by atoms with Gasteiger partial charge < -0.3 is 19.9 Å². The highest BCUT2D eigenvalue weighted by Gasteiger charge is 2.37. The van der Waals surface area contributed by atoms with Crippen LogP contribution < -0.4 is 10.1 Å². The number of H-pyrrole nitrogens is 1. The molecule has 3 aromatic carbocycles. The van der Waals surface area contributed by atoms with Crippen LogP contribution in [0, 0.1) is 0 Å². The molecule has 4 rings (SSSR count). The summed E-state index contributed by atoms with van der Waals surface area (Å²) in [4.78, 5) is 17.7. The van der Waals surface area contributed by atoms with Crippen molar-refractivity contribution in [3.8, 4) is 5.75 Å². The summed E-state index contributed by atoms with van der Waals surface area (Å²) >= 11 is 12.1. The number of urea groups is 1. The van der Waals surface area contributed by atoms with Gasteiger partial charge in [0.25, 0.3) is 0 Å². The van der Waals surface area contributed by atoms with Gasteiger partial charge >= 0.3 is 18.4 Å². The molecule has 2 amide bonds. The molecule has 0 atom stereocenters. The molecule has 1 aromatic heterocycles. The van der Waals surface area contributed by atoms with Crippen LogP contribution in [0.15, 0.2) is 60.8 Å². The Morgan fingerprint density at radius 3 is 2.20 bits per heavy atom. The molecule has 0 unspecified atom stereocenters. The highest BCUT2D eigenvalue weighted by atomic mass is 35.5. The number of aromatic amines is 1. The number of hydrogen-bond donors (Lipinski definition) is 2. The van der Waals surface area contributed by atoms with Gasteiger partial charge in [0.05, 0.1) is 28.3 Å². The number of anilines is 1. The Morgan fingerprint density at radius 2 is 1.60 bits per heavy atom. The molecule has 0 saturated heterocycles. The highest BCUT2D eigenvalue weighted by molar-refractivity contribution is 6.42. The number of hydrogen-bond acceptors (Lipinski definition) is 2. The summed E-state index contributed by atoms with van der Waals surface area (Å²) < 4.78 is 85.2. The first-order valence-corrected chi connectivity index (χ1v) is 12.4. The first kappa shape index (κ1) is 29.4. The van der Waals surface area contributed by atoms with Crippen molar-refractivity contribution in [3.05, 3.63) is 93.1 Å². The van der Waals surface area contributed by atoms with Gasteiger partial charge in [-0.2, -0.15) is 26.3 Å². The first-order valence-electron chi connectivity index (χ1n) is 11.7. The molecule has 13 heteroatoms. The average Bonchev–Trinajstić information content (AvgIpc) is 3.29. The van der Waals surface area contributed by atoms with E-state index in [2.05, 4.69) is 10.3 Å². The van der Waals surface area contributed by atoms with Crippen molar-refractivity contribution in [1.29, 1.82) is 0 Å². The van der Waals surface area contributed by atoms with E-state index in [-0.39, 0.29) is 29.2 Å². The van der Waals surface area contributed by atoms with Gasteiger partial charge in [0, 0.05) is 35.9 Å². The van der Waals surface area contributed by atoms with Crippen LogP contribution in [-0.4, -0.2) is 29.6 Å². The first-order chi connectivity index (χ1) is 18.7. The molecule has 0 radical (unpaired) electrons. The number of carbonyl (C=O) groups excluding carboxylic acids is 1. The molecule has 4 aromatic rings. The van der Waals surface area contributed by atoms with E-state index in [0.717, 1.165) is 16.5 Å². The molecule has 0 spiro atoms. The monoisotopic (exact) mass is 603 g/mol. The SMILES string of the molecule is COc1ccc2[nH]cc(CCN(Cc3ccc(Cl)c(Cl)c3)C(=O)Nc3cc(C(F)(F)F)cc(C(F)(F)F)c3)c2c1. The zero-order chi connectivity index (χ0) is 29.2. The number of halogens is 8. The third kappa shape index (κ3) is 6.95. The van der Waals surface area contributed by atoms with Crippen LogP contribution in [0.3, 0.4) is 0 Å². The van der Waals surface area contributed by atoms with Gasteiger partial charge in [0.15, 0.2) is 0 Å². The molecule has 0 saturated carbocycles. The maximum Gasteiger partial charge on any atom is 0.416 e. The number of aromatic nitrogens is 1. The maximum absolute atomic E-state index is 13.3. The minimum Gasteiger partial charge on any atom is -0.497 e. The second-order valence-electron chi connectivity index (χ2n) is 8.87. The Kier molecular flexibility index (Phi) is 8.46. The van der Waals surface area contributed by atoms with Gasteiger partial charge in [-0.1, -0.05) is 29.3 Å². The van der Waals surface area contributed by atoms with Crippen LogP contribution in [0.5, 0.6) is 5.75 Å². The number of rotatable bonds is 7. The summed E-state index contributed by atoms with van der Waals surface area (Å²) in [5, 5.41) is 3.53. The van der Waals surface area contributed by atoms with Gasteiger partial charge in [-0.25, -0.2) is 4.79 Å². The predicted molar refractivity (Wildman–Crippen MR) is 141 cm³/mol. The third-order valence-electron chi connectivity index (χ3n) is 6.11. The summed E-state index contributed by atoms with van der Waals surface area (Å²) in [5.74, 6) is 0.615. The molecule has 40 heavy (non-hydrogen) atoms. The predicted octanol–water partition coefficient (Wildman–Crippen LogP) is 8.80. The van der Waals surface area contributed by atoms with Gasteiger partial charge in [0.1, 0.15) is 5.75 Å². The van der Waals surface area contributed by atoms with Crippen molar-refractivity contribution in [3.63, 3.8) is 0 Å². The summed E-state index contributed by atoms with van der Waals surface area (Å²) in [6.45, 7) is 0.000813. The lowest BCUT2D eigenvalue weighted by molar-refractivity contribution is -0.143. The van der Waals surface area contributed by atoms with Crippen LogP contribution >= 0.6 is 23.2 Å². The standard InChI is InChI=1S/C27H21Cl2F6N3O2/c1-40-20-3-5-24-21(12-20)16(13-36-24)6-7-38(14-15-2-4-22(28)23(29)8-15)25(39)37-19-10-17(26(30,31)32)9-18(11-19)27(33,34)35/h2-5,8-13,36H,6-7,14H2,1H3,(H,37,39). The van der Waals surface area contributed by atoms with Crippen molar-refractivity contribution >= 4 is 45.8 Å². The number of methoxy groups -OCH3 is 1. The number of nitrogens with zero attached hydrogens (tertiary/aromatic N) is 1. The van der Waals surface area contributed by atoms with Crippen molar-refractivity contribution in [2.45, 2.75) is 25.3 Å². The fourth-order valence-electron chi connectivity index (χ4n) is 4.09. The molecule has 2 N–H and O–H groups in total. The number of nitrogens with one attached hydrogen (secondary N) is 2. The molecule has 5 nitrogen and oxygen atoms in total. The molecular formula is C27H21Cl2F6N3O2. The van der Waals surface area contributed by atoms with Gasteiger partial charge in [-0.15, -0.1) is 0 Å². The number of alkyl halides is 6. The number of amides is 2. The van der Waals surface area contributed by atoms with E-state index in [1.807, 2.05) is 12.1 Å².